The maximum Gasteiger partial charge on any atom is 0.412 e. The Hall–Kier alpha value is -2.90. The molecule has 0 atom stereocenters. The van der Waals surface area contributed by atoms with Crippen molar-refractivity contribution in [2.75, 3.05) is 7.05 Å². The van der Waals surface area contributed by atoms with Crippen molar-refractivity contribution < 1.29 is 28.8 Å². The fourth-order valence-electron chi connectivity index (χ4n) is 3.27. The van der Waals surface area contributed by atoms with Gasteiger partial charge in [-0.05, 0) is 31.0 Å². The Morgan fingerprint density at radius 1 is 1.15 bits per heavy atom. The van der Waals surface area contributed by atoms with E-state index in [4.69, 9.17) is 9.57 Å². The highest BCUT2D eigenvalue weighted by atomic mass is 16.7. The summed E-state index contributed by atoms with van der Waals surface area (Å²) in [6.45, 7) is 7.34. The van der Waals surface area contributed by atoms with Crippen LogP contribution in [0, 0.1) is 13.8 Å². The number of carbonyl (C=O) groups is 4. The van der Waals surface area contributed by atoms with Crippen molar-refractivity contribution in [3.8, 4) is 5.75 Å². The topological polar surface area (TPSA) is 102 Å². The Balaban J connectivity index is 2.27. The van der Waals surface area contributed by atoms with E-state index in [0.717, 1.165) is 11.1 Å². The third-order valence-electron chi connectivity index (χ3n) is 4.31. The second-order valence-electron chi connectivity index (χ2n) is 7.20. The lowest BCUT2D eigenvalue weighted by atomic mass is 9.78. The van der Waals surface area contributed by atoms with Gasteiger partial charge in [-0.3, -0.25) is 9.59 Å². The first-order valence-corrected chi connectivity index (χ1v) is 8.63. The summed E-state index contributed by atoms with van der Waals surface area (Å²) >= 11 is 0. The molecule has 1 N–H and O–H groups in total. The van der Waals surface area contributed by atoms with Crippen LogP contribution in [0.1, 0.15) is 49.8 Å². The number of hydrogen-bond acceptors (Lipinski definition) is 6. The van der Waals surface area contributed by atoms with E-state index in [1.807, 2.05) is 19.9 Å². The van der Waals surface area contributed by atoms with Gasteiger partial charge in [-0.25, -0.2) is 9.59 Å². The zero-order valence-corrected chi connectivity index (χ0v) is 16.2. The minimum atomic E-state index is -0.774. The van der Waals surface area contributed by atoms with E-state index in [1.165, 1.54) is 7.05 Å². The van der Waals surface area contributed by atoms with Crippen molar-refractivity contribution in [1.29, 1.82) is 0 Å². The van der Waals surface area contributed by atoms with Crippen LogP contribution in [0.25, 0.3) is 0 Å². The van der Waals surface area contributed by atoms with Crippen LogP contribution in [0.5, 0.6) is 5.75 Å². The van der Waals surface area contributed by atoms with E-state index in [1.54, 1.807) is 19.9 Å². The normalized spacial score (nSPS) is 14.3. The molecule has 0 saturated carbocycles. The number of nitrogens with zero attached hydrogens (tertiary/aromatic N) is 1. The number of nitrogens with one attached hydrogen (secondary N) is 1. The molecule has 0 radical (unpaired) electrons. The van der Waals surface area contributed by atoms with Gasteiger partial charge >= 0.3 is 12.1 Å². The number of hydrogen-bond donors (Lipinski definition) is 1. The summed E-state index contributed by atoms with van der Waals surface area (Å²) in [7, 11) is 1.46. The zero-order chi connectivity index (χ0) is 20.4. The Morgan fingerprint density at radius 3 is 2.30 bits per heavy atom. The molecule has 1 aliphatic rings. The van der Waals surface area contributed by atoms with Crippen LogP contribution in [0.4, 0.5) is 4.79 Å². The van der Waals surface area contributed by atoms with Gasteiger partial charge in [0.1, 0.15) is 5.75 Å². The van der Waals surface area contributed by atoms with Gasteiger partial charge in [0.2, 0.25) is 0 Å². The average Bonchev–Trinajstić information content (AvgIpc) is 2.85. The van der Waals surface area contributed by atoms with Crippen LogP contribution in [0.3, 0.4) is 0 Å². The Morgan fingerprint density at radius 2 is 1.74 bits per heavy atom. The molecular weight excluding hydrogens is 352 g/mol. The van der Waals surface area contributed by atoms with Gasteiger partial charge in [-0.2, -0.15) is 0 Å². The molecule has 0 unspecified atom stereocenters. The summed E-state index contributed by atoms with van der Waals surface area (Å²) < 4.78 is 5.37. The molecule has 0 bridgehead atoms. The SMILES string of the molecule is CNC(=O)Oc1cc(C)cc(C)c1C(C)(C)CC(=O)ON1C(=O)CCC1=O. The molecular formula is C19H24N2O6. The summed E-state index contributed by atoms with van der Waals surface area (Å²) in [4.78, 5) is 52.3. The standard InChI is InChI=1S/C19H24N2O6/c1-11-8-12(2)17(13(9-11)26-18(25)20-5)19(3,4)10-16(24)27-21-14(22)6-7-15(21)23/h8-9H,6-7,10H2,1-5H3,(H,20,25). The smallest absolute Gasteiger partial charge is 0.410 e. The first-order chi connectivity index (χ1) is 12.5. The van der Waals surface area contributed by atoms with Gasteiger partial charge in [0.05, 0.1) is 6.42 Å². The third-order valence-corrected chi connectivity index (χ3v) is 4.31. The van der Waals surface area contributed by atoms with E-state index in [-0.39, 0.29) is 19.3 Å². The van der Waals surface area contributed by atoms with Crippen molar-refractivity contribution in [3.63, 3.8) is 0 Å². The molecule has 27 heavy (non-hydrogen) atoms. The van der Waals surface area contributed by atoms with E-state index in [0.29, 0.717) is 16.4 Å². The highest BCUT2D eigenvalue weighted by molar-refractivity contribution is 6.01. The lowest BCUT2D eigenvalue weighted by molar-refractivity contribution is -0.198. The van der Waals surface area contributed by atoms with Crippen molar-refractivity contribution in [3.05, 3.63) is 28.8 Å². The van der Waals surface area contributed by atoms with Crippen LogP contribution in [0.15, 0.2) is 12.1 Å². The first kappa shape index (κ1) is 20.4. The number of amides is 3. The van der Waals surface area contributed by atoms with E-state index in [9.17, 15) is 19.2 Å². The molecule has 1 aliphatic heterocycles. The van der Waals surface area contributed by atoms with E-state index in [2.05, 4.69) is 5.32 Å². The molecule has 0 aliphatic carbocycles. The number of aryl methyl sites for hydroxylation is 2. The largest absolute Gasteiger partial charge is 0.412 e. The fourth-order valence-corrected chi connectivity index (χ4v) is 3.27. The second kappa shape index (κ2) is 7.77. The zero-order valence-electron chi connectivity index (χ0n) is 16.2. The first-order valence-electron chi connectivity index (χ1n) is 8.63. The molecule has 0 aromatic heterocycles. The summed E-state index contributed by atoms with van der Waals surface area (Å²) in [5.41, 5.74) is 1.65. The van der Waals surface area contributed by atoms with Crippen molar-refractivity contribution in [2.45, 2.75) is 52.4 Å². The molecule has 8 nitrogen and oxygen atoms in total. The average molecular weight is 376 g/mol. The minimum Gasteiger partial charge on any atom is -0.410 e. The molecule has 8 heteroatoms. The molecule has 1 aromatic carbocycles. The van der Waals surface area contributed by atoms with Gasteiger partial charge in [-0.15, -0.1) is 5.06 Å². The van der Waals surface area contributed by atoms with Crippen molar-refractivity contribution in [1.82, 2.24) is 10.4 Å². The summed E-state index contributed by atoms with van der Waals surface area (Å²) in [6.07, 6.45) is -0.654. The predicted molar refractivity (Wildman–Crippen MR) is 95.8 cm³/mol. The number of rotatable bonds is 5. The lowest BCUT2D eigenvalue weighted by Gasteiger charge is -2.29. The Kier molecular flexibility index (Phi) is 5.88. The van der Waals surface area contributed by atoms with Gasteiger partial charge in [0.25, 0.3) is 11.8 Å². The van der Waals surface area contributed by atoms with Crippen molar-refractivity contribution >= 4 is 23.9 Å². The highest BCUT2D eigenvalue weighted by Gasteiger charge is 2.36. The van der Waals surface area contributed by atoms with Gasteiger partial charge in [0, 0.05) is 30.9 Å². The van der Waals surface area contributed by atoms with Crippen LogP contribution < -0.4 is 10.1 Å². The fraction of sp³-hybridized carbons (Fsp3) is 0.474. The number of ether oxygens (including phenoxy) is 1. The molecule has 1 heterocycles. The number of imide groups is 1. The quantitative estimate of drug-likeness (QED) is 0.791. The van der Waals surface area contributed by atoms with E-state index >= 15 is 0 Å². The molecule has 3 amide bonds. The van der Waals surface area contributed by atoms with Crippen molar-refractivity contribution in [2.24, 2.45) is 0 Å². The highest BCUT2D eigenvalue weighted by Crippen LogP contribution is 2.38. The number of carbonyl (C=O) groups excluding carboxylic acids is 4. The molecule has 1 saturated heterocycles. The lowest BCUT2D eigenvalue weighted by Crippen LogP contribution is -2.35. The van der Waals surface area contributed by atoms with Crippen LogP contribution in [-0.2, 0) is 24.6 Å². The van der Waals surface area contributed by atoms with Crippen LogP contribution >= 0.6 is 0 Å². The molecule has 146 valence electrons. The molecule has 0 spiro atoms. The maximum absolute atomic E-state index is 12.4. The second-order valence-corrected chi connectivity index (χ2v) is 7.20. The van der Waals surface area contributed by atoms with Gasteiger partial charge < -0.3 is 14.9 Å². The monoisotopic (exact) mass is 376 g/mol. The molecule has 1 fully saturated rings. The molecule has 2 rings (SSSR count). The summed E-state index contributed by atoms with van der Waals surface area (Å²) in [6, 6.07) is 3.64. The maximum atomic E-state index is 12.4. The number of benzene rings is 1. The Bertz CT molecular complexity index is 784. The Labute approximate surface area is 157 Å². The minimum absolute atomic E-state index is 0.0384. The number of hydroxylamine groups is 2. The van der Waals surface area contributed by atoms with Gasteiger partial charge in [0.15, 0.2) is 0 Å². The molecule has 1 aromatic rings. The summed E-state index contributed by atoms with van der Waals surface area (Å²) in [5.74, 6) is -1.42. The third kappa shape index (κ3) is 4.64. The van der Waals surface area contributed by atoms with Crippen LogP contribution in [-0.4, -0.2) is 36.0 Å². The van der Waals surface area contributed by atoms with E-state index < -0.39 is 29.3 Å². The predicted octanol–water partition coefficient (Wildman–Crippen LogP) is 2.30. The summed E-state index contributed by atoms with van der Waals surface area (Å²) in [5, 5.41) is 2.93. The van der Waals surface area contributed by atoms with Gasteiger partial charge in [-0.1, -0.05) is 19.9 Å². The van der Waals surface area contributed by atoms with Crippen LogP contribution in [0.2, 0.25) is 0 Å².